The smallest absolute Gasteiger partial charge is 0.225 e. The SMILES string of the molecule is CCc1cc(N2CCc3cc(OC)ccc3C2)nc(N[C@@H](CO)C(C)C)n1. The van der Waals surface area contributed by atoms with Crippen molar-refractivity contribution in [2.24, 2.45) is 5.92 Å². The zero-order chi connectivity index (χ0) is 19.4. The van der Waals surface area contributed by atoms with Crippen LogP contribution < -0.4 is 15.0 Å². The van der Waals surface area contributed by atoms with Crippen LogP contribution in [0.1, 0.15) is 37.6 Å². The Morgan fingerprint density at radius 3 is 2.70 bits per heavy atom. The van der Waals surface area contributed by atoms with Crippen molar-refractivity contribution < 1.29 is 9.84 Å². The predicted octanol–water partition coefficient (Wildman–Crippen LogP) is 3.04. The van der Waals surface area contributed by atoms with Crippen molar-refractivity contribution in [2.45, 2.75) is 46.2 Å². The predicted molar refractivity (Wildman–Crippen MR) is 108 cm³/mol. The van der Waals surface area contributed by atoms with Gasteiger partial charge in [-0.3, -0.25) is 0 Å². The molecule has 0 fully saturated rings. The summed E-state index contributed by atoms with van der Waals surface area (Å²) in [7, 11) is 1.70. The van der Waals surface area contributed by atoms with Crippen LogP contribution in [0.2, 0.25) is 0 Å². The molecule has 0 saturated carbocycles. The highest BCUT2D eigenvalue weighted by Crippen LogP contribution is 2.27. The lowest BCUT2D eigenvalue weighted by molar-refractivity contribution is 0.248. The van der Waals surface area contributed by atoms with Crippen molar-refractivity contribution >= 4 is 11.8 Å². The zero-order valence-corrected chi connectivity index (χ0v) is 16.7. The van der Waals surface area contributed by atoms with Crippen LogP contribution in [0.4, 0.5) is 11.8 Å². The third-order valence-electron chi connectivity index (χ3n) is 5.19. The molecule has 1 aliphatic rings. The molecule has 0 aliphatic carbocycles. The van der Waals surface area contributed by atoms with Crippen LogP contribution in [-0.4, -0.2) is 41.4 Å². The van der Waals surface area contributed by atoms with Crippen LogP contribution in [-0.2, 0) is 19.4 Å². The van der Waals surface area contributed by atoms with E-state index in [1.807, 2.05) is 6.07 Å². The van der Waals surface area contributed by atoms with Crippen molar-refractivity contribution in [2.75, 3.05) is 30.5 Å². The topological polar surface area (TPSA) is 70.5 Å². The molecule has 6 heteroatoms. The summed E-state index contributed by atoms with van der Waals surface area (Å²) < 4.78 is 5.34. The molecule has 0 spiro atoms. The highest BCUT2D eigenvalue weighted by Gasteiger charge is 2.20. The number of fused-ring (bicyclic) bond motifs is 1. The molecular formula is C21H30N4O2. The number of rotatable bonds is 7. The van der Waals surface area contributed by atoms with Gasteiger partial charge in [-0.1, -0.05) is 26.8 Å². The number of nitrogens with zero attached hydrogens (tertiary/aromatic N) is 3. The summed E-state index contributed by atoms with van der Waals surface area (Å²) in [5.41, 5.74) is 3.65. The molecule has 3 rings (SSSR count). The van der Waals surface area contributed by atoms with Gasteiger partial charge in [-0.2, -0.15) is 4.98 Å². The number of aliphatic hydroxyl groups is 1. The molecule has 1 atom stereocenters. The first-order valence-electron chi connectivity index (χ1n) is 9.70. The van der Waals surface area contributed by atoms with E-state index in [9.17, 15) is 5.11 Å². The summed E-state index contributed by atoms with van der Waals surface area (Å²) in [6.45, 7) is 8.05. The Labute approximate surface area is 161 Å². The van der Waals surface area contributed by atoms with Crippen molar-refractivity contribution in [3.05, 3.63) is 41.1 Å². The Morgan fingerprint density at radius 1 is 1.22 bits per heavy atom. The van der Waals surface area contributed by atoms with Crippen molar-refractivity contribution in [3.63, 3.8) is 0 Å². The number of nitrogens with one attached hydrogen (secondary N) is 1. The van der Waals surface area contributed by atoms with E-state index in [4.69, 9.17) is 9.72 Å². The fourth-order valence-corrected chi connectivity index (χ4v) is 3.33. The minimum atomic E-state index is -0.0560. The number of aromatic nitrogens is 2. The quantitative estimate of drug-likeness (QED) is 0.781. The molecule has 2 heterocycles. The van der Waals surface area contributed by atoms with Crippen LogP contribution in [0, 0.1) is 5.92 Å². The fourth-order valence-electron chi connectivity index (χ4n) is 3.33. The molecule has 2 aromatic rings. The van der Waals surface area contributed by atoms with Crippen molar-refractivity contribution in [1.82, 2.24) is 9.97 Å². The van der Waals surface area contributed by atoms with E-state index in [2.05, 4.69) is 54.2 Å². The first-order chi connectivity index (χ1) is 13.0. The number of methoxy groups -OCH3 is 1. The van der Waals surface area contributed by atoms with Gasteiger partial charge in [0.1, 0.15) is 11.6 Å². The van der Waals surface area contributed by atoms with E-state index >= 15 is 0 Å². The maximum absolute atomic E-state index is 9.62. The monoisotopic (exact) mass is 370 g/mol. The molecule has 2 N–H and O–H groups in total. The van der Waals surface area contributed by atoms with Gasteiger partial charge < -0.3 is 20.1 Å². The first kappa shape index (κ1) is 19.4. The summed E-state index contributed by atoms with van der Waals surface area (Å²) >= 11 is 0. The lowest BCUT2D eigenvalue weighted by atomic mass is 9.99. The Morgan fingerprint density at radius 2 is 2.04 bits per heavy atom. The summed E-state index contributed by atoms with van der Waals surface area (Å²) in [5, 5.41) is 12.9. The summed E-state index contributed by atoms with van der Waals surface area (Å²) in [5.74, 6) is 2.74. The van der Waals surface area contributed by atoms with Gasteiger partial charge in [-0.15, -0.1) is 0 Å². The number of hydrogen-bond donors (Lipinski definition) is 2. The van der Waals surface area contributed by atoms with Gasteiger partial charge in [0.25, 0.3) is 0 Å². The molecule has 146 valence electrons. The molecule has 6 nitrogen and oxygen atoms in total. The standard InChI is InChI=1S/C21H30N4O2/c1-5-17-11-20(24-21(22-17)23-19(13-26)14(2)3)25-9-8-15-10-18(27-4)7-6-16(15)12-25/h6-7,10-11,14,19,26H,5,8-9,12-13H2,1-4H3,(H,22,23,24)/t19-/m0/s1. The summed E-state index contributed by atoms with van der Waals surface area (Å²) in [6, 6.07) is 8.30. The van der Waals surface area contributed by atoms with E-state index in [1.54, 1.807) is 7.11 Å². The summed E-state index contributed by atoms with van der Waals surface area (Å²) in [6.07, 6.45) is 1.81. The Hall–Kier alpha value is -2.34. The van der Waals surface area contributed by atoms with Crippen LogP contribution >= 0.6 is 0 Å². The first-order valence-corrected chi connectivity index (χ1v) is 9.70. The minimum Gasteiger partial charge on any atom is -0.497 e. The highest BCUT2D eigenvalue weighted by atomic mass is 16.5. The molecule has 0 unspecified atom stereocenters. The lowest BCUT2D eigenvalue weighted by Crippen LogP contribution is -2.33. The average molecular weight is 370 g/mol. The van der Waals surface area contributed by atoms with Crippen molar-refractivity contribution in [3.8, 4) is 5.75 Å². The molecule has 1 aromatic heterocycles. The minimum absolute atomic E-state index is 0.0560. The van der Waals surface area contributed by atoms with Gasteiger partial charge in [0.05, 0.1) is 19.8 Å². The fraction of sp³-hybridized carbons (Fsp3) is 0.524. The number of aryl methyl sites for hydroxylation is 1. The normalized spacial score (nSPS) is 14.8. The molecule has 0 bridgehead atoms. The number of benzene rings is 1. The third kappa shape index (κ3) is 4.50. The van der Waals surface area contributed by atoms with Gasteiger partial charge in [0.2, 0.25) is 5.95 Å². The van der Waals surface area contributed by atoms with Gasteiger partial charge in [0, 0.05) is 24.8 Å². The Kier molecular flexibility index (Phi) is 6.16. The highest BCUT2D eigenvalue weighted by molar-refractivity contribution is 5.49. The van der Waals surface area contributed by atoms with E-state index in [0.29, 0.717) is 11.9 Å². The van der Waals surface area contributed by atoms with Crippen LogP contribution in [0.25, 0.3) is 0 Å². The maximum Gasteiger partial charge on any atom is 0.225 e. The molecule has 1 aromatic carbocycles. The van der Waals surface area contributed by atoms with Gasteiger partial charge >= 0.3 is 0 Å². The second kappa shape index (κ2) is 8.57. The summed E-state index contributed by atoms with van der Waals surface area (Å²) in [4.78, 5) is 11.7. The van der Waals surface area contributed by atoms with Gasteiger partial charge in [0.15, 0.2) is 0 Å². The third-order valence-corrected chi connectivity index (χ3v) is 5.19. The molecule has 1 aliphatic heterocycles. The van der Waals surface area contributed by atoms with Gasteiger partial charge in [-0.05, 0) is 42.0 Å². The number of anilines is 2. The molecule has 27 heavy (non-hydrogen) atoms. The number of ether oxygens (including phenoxy) is 1. The van der Waals surface area contributed by atoms with Crippen molar-refractivity contribution in [1.29, 1.82) is 0 Å². The van der Waals surface area contributed by atoms with E-state index in [0.717, 1.165) is 43.2 Å². The zero-order valence-electron chi connectivity index (χ0n) is 16.7. The maximum atomic E-state index is 9.62. The van der Waals surface area contributed by atoms with E-state index < -0.39 is 0 Å². The average Bonchev–Trinajstić information content (AvgIpc) is 2.70. The molecule has 0 amide bonds. The second-order valence-electron chi connectivity index (χ2n) is 7.38. The largest absolute Gasteiger partial charge is 0.497 e. The lowest BCUT2D eigenvalue weighted by Gasteiger charge is -2.30. The number of hydrogen-bond acceptors (Lipinski definition) is 6. The van der Waals surface area contributed by atoms with Crippen LogP contribution in [0.5, 0.6) is 5.75 Å². The van der Waals surface area contributed by atoms with Crippen LogP contribution in [0.3, 0.4) is 0 Å². The van der Waals surface area contributed by atoms with Crippen LogP contribution in [0.15, 0.2) is 24.3 Å². The second-order valence-corrected chi connectivity index (χ2v) is 7.38. The number of aliphatic hydroxyl groups excluding tert-OH is 1. The van der Waals surface area contributed by atoms with E-state index in [1.165, 1.54) is 11.1 Å². The molecule has 0 radical (unpaired) electrons. The Balaban J connectivity index is 1.84. The molecular weight excluding hydrogens is 340 g/mol. The molecule has 0 saturated heterocycles. The van der Waals surface area contributed by atoms with E-state index in [-0.39, 0.29) is 12.6 Å². The van der Waals surface area contributed by atoms with Gasteiger partial charge in [-0.25, -0.2) is 4.98 Å². The Bertz CT molecular complexity index is 779.